The lowest BCUT2D eigenvalue weighted by Crippen LogP contribution is -2.27. The molecule has 1 N–H and O–H groups in total. The third-order valence-corrected chi connectivity index (χ3v) is 5.40. The number of benzene rings is 2. The van der Waals surface area contributed by atoms with Crippen LogP contribution in [-0.4, -0.2) is 28.2 Å². The minimum absolute atomic E-state index is 0.103. The number of carbonyl (C=O) groups excluding carboxylic acids is 2. The summed E-state index contributed by atoms with van der Waals surface area (Å²) in [7, 11) is 0. The molecule has 2 amide bonds. The van der Waals surface area contributed by atoms with Crippen LogP contribution in [0.2, 0.25) is 0 Å². The fourth-order valence-corrected chi connectivity index (χ4v) is 4.07. The Labute approximate surface area is 155 Å². The molecule has 0 spiro atoms. The molecule has 0 unspecified atom stereocenters. The number of hydrogen-bond acceptors (Lipinski definition) is 4. The first-order valence-electron chi connectivity index (χ1n) is 8.31. The van der Waals surface area contributed by atoms with Crippen molar-refractivity contribution in [1.29, 1.82) is 0 Å². The van der Waals surface area contributed by atoms with Crippen molar-refractivity contribution in [3.8, 4) is 0 Å². The minimum Gasteiger partial charge on any atom is -0.308 e. The highest BCUT2D eigenvalue weighted by molar-refractivity contribution is 7.22. The number of aromatic nitrogens is 1. The molecular weight excluding hydrogens is 346 g/mol. The van der Waals surface area contributed by atoms with E-state index in [0.29, 0.717) is 22.9 Å². The van der Waals surface area contributed by atoms with E-state index in [4.69, 9.17) is 0 Å². The minimum atomic E-state index is -0.168. The normalized spacial score (nSPS) is 13.3. The molecule has 0 aliphatic carbocycles. The maximum absolute atomic E-state index is 12.5. The fraction of sp³-hybridized carbons (Fsp3) is 0.150. The van der Waals surface area contributed by atoms with Gasteiger partial charge in [-0.25, -0.2) is 4.98 Å². The predicted octanol–water partition coefficient (Wildman–Crippen LogP) is 4.06. The molecule has 2 aromatic carbocycles. The van der Waals surface area contributed by atoms with Crippen LogP contribution in [0.15, 0.2) is 49.0 Å². The molecule has 6 heteroatoms. The Kier molecular flexibility index (Phi) is 4.05. The van der Waals surface area contributed by atoms with Gasteiger partial charge in [-0.3, -0.25) is 9.59 Å². The highest BCUT2D eigenvalue weighted by Crippen LogP contribution is 2.31. The summed E-state index contributed by atoms with van der Waals surface area (Å²) in [4.78, 5) is 30.8. The zero-order valence-electron chi connectivity index (χ0n) is 14.3. The average Bonchev–Trinajstić information content (AvgIpc) is 3.14. The summed E-state index contributed by atoms with van der Waals surface area (Å²) in [5, 5.41) is 3.41. The first-order valence-corrected chi connectivity index (χ1v) is 9.12. The second-order valence-electron chi connectivity index (χ2n) is 6.19. The molecule has 0 atom stereocenters. The average molecular weight is 363 g/mol. The zero-order valence-corrected chi connectivity index (χ0v) is 15.1. The van der Waals surface area contributed by atoms with E-state index >= 15 is 0 Å². The van der Waals surface area contributed by atoms with E-state index in [1.54, 1.807) is 11.0 Å². The Morgan fingerprint density at radius 3 is 2.69 bits per heavy atom. The quantitative estimate of drug-likeness (QED) is 0.760. The van der Waals surface area contributed by atoms with E-state index in [-0.39, 0.29) is 18.2 Å². The van der Waals surface area contributed by atoms with Crippen LogP contribution >= 0.6 is 11.3 Å². The Balaban J connectivity index is 1.42. The first kappa shape index (κ1) is 16.5. The number of nitrogens with zero attached hydrogens (tertiary/aromatic N) is 2. The molecule has 1 aliphatic rings. The molecule has 0 bridgehead atoms. The first-order chi connectivity index (χ1) is 12.5. The summed E-state index contributed by atoms with van der Waals surface area (Å²) in [5.41, 5.74) is 4.11. The molecule has 130 valence electrons. The molecular formula is C20H17N3O2S. The van der Waals surface area contributed by atoms with Crippen molar-refractivity contribution in [2.75, 3.05) is 11.9 Å². The number of nitrogens with one attached hydrogen (secondary N) is 1. The number of amides is 2. The Bertz CT molecular complexity index is 1020. The van der Waals surface area contributed by atoms with E-state index in [0.717, 1.165) is 21.3 Å². The molecule has 0 saturated heterocycles. The third kappa shape index (κ3) is 2.78. The molecule has 0 radical (unpaired) electrons. The van der Waals surface area contributed by atoms with Gasteiger partial charge in [0.1, 0.15) is 0 Å². The van der Waals surface area contributed by atoms with E-state index < -0.39 is 0 Å². The molecule has 4 rings (SSSR count). The van der Waals surface area contributed by atoms with Gasteiger partial charge in [0, 0.05) is 29.8 Å². The van der Waals surface area contributed by atoms with E-state index in [2.05, 4.69) is 16.9 Å². The number of para-hydroxylation sites is 1. The van der Waals surface area contributed by atoms with Crippen molar-refractivity contribution >= 4 is 44.2 Å². The standard InChI is InChI=1S/C20H17N3O2S/c1-12-6-5-9-16-18(12)22-20(26-16)21-17(24)10-11-23-13(2)14-7-3-4-8-15(14)19(23)25/h3-9H,2,10-11H2,1H3,(H,21,22,24). The van der Waals surface area contributed by atoms with Crippen LogP contribution in [0.3, 0.4) is 0 Å². The van der Waals surface area contributed by atoms with Crippen molar-refractivity contribution in [1.82, 2.24) is 9.88 Å². The molecule has 2 heterocycles. The highest BCUT2D eigenvalue weighted by atomic mass is 32.1. The monoisotopic (exact) mass is 363 g/mol. The van der Waals surface area contributed by atoms with Crippen LogP contribution < -0.4 is 5.32 Å². The van der Waals surface area contributed by atoms with Gasteiger partial charge < -0.3 is 10.2 Å². The van der Waals surface area contributed by atoms with Gasteiger partial charge >= 0.3 is 0 Å². The molecule has 0 fully saturated rings. The van der Waals surface area contributed by atoms with E-state index in [1.807, 2.05) is 43.3 Å². The SMILES string of the molecule is C=C1c2ccccc2C(=O)N1CCC(=O)Nc1nc2c(C)cccc2s1. The van der Waals surface area contributed by atoms with Gasteiger partial charge in [-0.1, -0.05) is 48.2 Å². The summed E-state index contributed by atoms with van der Waals surface area (Å²) in [5.74, 6) is -0.271. The van der Waals surface area contributed by atoms with Crippen molar-refractivity contribution in [3.63, 3.8) is 0 Å². The second kappa shape index (κ2) is 6.38. The molecule has 1 aromatic heterocycles. The van der Waals surface area contributed by atoms with Gasteiger partial charge in [0.15, 0.2) is 5.13 Å². The number of aryl methyl sites for hydroxylation is 1. The van der Waals surface area contributed by atoms with Gasteiger partial charge in [-0.05, 0) is 24.6 Å². The zero-order chi connectivity index (χ0) is 18.3. The highest BCUT2D eigenvalue weighted by Gasteiger charge is 2.30. The largest absolute Gasteiger partial charge is 0.308 e. The molecule has 26 heavy (non-hydrogen) atoms. The number of carbonyl (C=O) groups is 2. The maximum Gasteiger partial charge on any atom is 0.258 e. The maximum atomic E-state index is 12.5. The van der Waals surface area contributed by atoms with Crippen LogP contribution in [0.25, 0.3) is 15.9 Å². The molecule has 5 nitrogen and oxygen atoms in total. The lowest BCUT2D eigenvalue weighted by molar-refractivity contribution is -0.116. The van der Waals surface area contributed by atoms with Gasteiger partial charge in [0.2, 0.25) is 5.91 Å². The summed E-state index contributed by atoms with van der Waals surface area (Å²) in [6.07, 6.45) is 0.188. The van der Waals surface area contributed by atoms with Gasteiger partial charge in [-0.2, -0.15) is 0 Å². The number of anilines is 1. The lowest BCUT2D eigenvalue weighted by atomic mass is 10.1. The van der Waals surface area contributed by atoms with Crippen LogP contribution in [0.1, 0.15) is 27.9 Å². The Morgan fingerprint density at radius 1 is 1.19 bits per heavy atom. The number of rotatable bonds is 4. The van der Waals surface area contributed by atoms with Crippen molar-refractivity contribution in [2.45, 2.75) is 13.3 Å². The number of hydrogen-bond donors (Lipinski definition) is 1. The van der Waals surface area contributed by atoms with Crippen LogP contribution in [-0.2, 0) is 4.79 Å². The van der Waals surface area contributed by atoms with Crippen molar-refractivity contribution in [2.24, 2.45) is 0 Å². The summed E-state index contributed by atoms with van der Waals surface area (Å²) in [6.45, 7) is 6.28. The Morgan fingerprint density at radius 2 is 1.96 bits per heavy atom. The third-order valence-electron chi connectivity index (χ3n) is 4.47. The Hall–Kier alpha value is -2.99. The molecule has 3 aromatic rings. The van der Waals surface area contributed by atoms with E-state index in [1.165, 1.54) is 11.3 Å². The fourth-order valence-electron chi connectivity index (χ4n) is 3.11. The van der Waals surface area contributed by atoms with Gasteiger partial charge in [0.25, 0.3) is 5.91 Å². The molecule has 0 saturated carbocycles. The summed E-state index contributed by atoms with van der Waals surface area (Å²) >= 11 is 1.45. The van der Waals surface area contributed by atoms with Gasteiger partial charge in [-0.15, -0.1) is 0 Å². The smallest absolute Gasteiger partial charge is 0.258 e. The second-order valence-corrected chi connectivity index (χ2v) is 7.22. The molecule has 1 aliphatic heterocycles. The topological polar surface area (TPSA) is 62.3 Å². The predicted molar refractivity (Wildman–Crippen MR) is 104 cm³/mol. The summed E-state index contributed by atoms with van der Waals surface area (Å²) in [6, 6.07) is 13.3. The van der Waals surface area contributed by atoms with Crippen LogP contribution in [0, 0.1) is 6.92 Å². The summed E-state index contributed by atoms with van der Waals surface area (Å²) < 4.78 is 1.04. The van der Waals surface area contributed by atoms with Gasteiger partial charge in [0.05, 0.1) is 10.2 Å². The van der Waals surface area contributed by atoms with E-state index in [9.17, 15) is 9.59 Å². The van der Waals surface area contributed by atoms with Crippen molar-refractivity contribution < 1.29 is 9.59 Å². The number of thiazole rings is 1. The van der Waals surface area contributed by atoms with Crippen LogP contribution in [0.4, 0.5) is 5.13 Å². The van der Waals surface area contributed by atoms with Crippen LogP contribution in [0.5, 0.6) is 0 Å². The number of fused-ring (bicyclic) bond motifs is 2. The lowest BCUT2D eigenvalue weighted by Gasteiger charge is -2.16. The van der Waals surface area contributed by atoms with Crippen molar-refractivity contribution in [3.05, 3.63) is 65.7 Å².